The number of nitrogens with zero attached hydrogens (tertiary/aromatic N) is 2. The number of thiocarbonyl (C=S) groups is 1. The Bertz CT molecular complexity index is 1640. The Balaban J connectivity index is 1.28. The zero-order valence-corrected chi connectivity index (χ0v) is 27.1. The number of carboxylic acids is 1. The van der Waals surface area contributed by atoms with Crippen LogP contribution in [0.3, 0.4) is 0 Å². The zero-order chi connectivity index (χ0) is 31.9. The number of thioether (sulfide) groups is 1. The minimum atomic E-state index is -1.05. The van der Waals surface area contributed by atoms with Crippen molar-refractivity contribution in [1.82, 2.24) is 9.80 Å². The molecule has 45 heavy (non-hydrogen) atoms. The molecule has 2 aliphatic heterocycles. The van der Waals surface area contributed by atoms with Crippen LogP contribution in [-0.2, 0) is 14.3 Å². The van der Waals surface area contributed by atoms with Gasteiger partial charge in [0, 0.05) is 59.5 Å². The number of rotatable bonds is 11. The highest BCUT2D eigenvalue weighted by atomic mass is 35.5. The second-order valence-electron chi connectivity index (χ2n) is 10.2. The first-order valence-electron chi connectivity index (χ1n) is 14.1. The highest BCUT2D eigenvalue weighted by molar-refractivity contribution is 8.26. The maximum Gasteiger partial charge on any atom is 0.335 e. The Morgan fingerprint density at radius 2 is 1.78 bits per heavy atom. The first kappa shape index (κ1) is 32.9. The summed E-state index contributed by atoms with van der Waals surface area (Å²) in [6, 6.07) is 16.7. The lowest BCUT2D eigenvalue weighted by Crippen LogP contribution is -2.38. The lowest BCUT2D eigenvalue weighted by molar-refractivity contribution is -0.122. The number of carbonyl (C=O) groups is 3. The third kappa shape index (κ3) is 8.63. The summed E-state index contributed by atoms with van der Waals surface area (Å²) in [6.45, 7) is 4.47. The second-order valence-corrected chi connectivity index (χ2v) is 12.7. The molecule has 0 atom stereocenters. The smallest absolute Gasteiger partial charge is 0.335 e. The number of morpholine rings is 1. The van der Waals surface area contributed by atoms with Gasteiger partial charge in [-0.3, -0.25) is 19.4 Å². The molecule has 0 aliphatic carbocycles. The highest BCUT2D eigenvalue weighted by Gasteiger charge is 2.32. The normalized spacial score (nSPS) is 16.3. The molecule has 0 radical (unpaired) electrons. The molecule has 0 spiro atoms. The van der Waals surface area contributed by atoms with Crippen LogP contribution in [0.1, 0.15) is 22.3 Å². The molecular formula is C32H29Cl2N3O6S2. The predicted octanol–water partition coefficient (Wildman–Crippen LogP) is 6.30. The molecule has 9 nitrogen and oxygen atoms in total. The van der Waals surface area contributed by atoms with Crippen LogP contribution in [0.4, 0.5) is 5.69 Å². The highest BCUT2D eigenvalue weighted by Crippen LogP contribution is 2.39. The summed E-state index contributed by atoms with van der Waals surface area (Å²) in [6.07, 6.45) is 1.76. The molecule has 13 heteroatoms. The average Bonchev–Trinajstić information content (AvgIpc) is 3.29. The van der Waals surface area contributed by atoms with Gasteiger partial charge < -0.3 is 19.9 Å². The number of nitrogens with one attached hydrogen (secondary N) is 1. The van der Waals surface area contributed by atoms with Gasteiger partial charge in [-0.05, 0) is 66.2 Å². The van der Waals surface area contributed by atoms with E-state index in [2.05, 4.69) is 10.2 Å². The maximum absolute atomic E-state index is 13.3. The van der Waals surface area contributed by atoms with Crippen molar-refractivity contribution in [2.45, 2.75) is 6.42 Å². The van der Waals surface area contributed by atoms with Crippen LogP contribution >= 0.6 is 47.2 Å². The van der Waals surface area contributed by atoms with Crippen molar-refractivity contribution in [2.24, 2.45) is 0 Å². The Kier molecular flexibility index (Phi) is 11.1. The van der Waals surface area contributed by atoms with E-state index in [4.69, 9.17) is 50.0 Å². The summed E-state index contributed by atoms with van der Waals surface area (Å²) in [4.78, 5) is 41.0. The van der Waals surface area contributed by atoms with E-state index in [0.717, 1.165) is 30.8 Å². The minimum absolute atomic E-state index is 0.00824. The quantitative estimate of drug-likeness (QED) is 0.178. The standard InChI is InChI=1S/C32H29Cl2N3O6S2/c33-22-4-7-26(34)24(19-22)25-17-20(1-8-27(25)43-16-13-36-11-14-42-15-12-36)18-28-30(39)37(32(44)45-28)10-9-29(38)35-23-5-2-21(3-6-23)31(40)41/h1-8,17-19H,9-16H2,(H,35,38)(H,40,41)/b28-18-. The number of hydrogen-bond donors (Lipinski definition) is 2. The van der Waals surface area contributed by atoms with Gasteiger partial charge in [-0.15, -0.1) is 0 Å². The molecule has 0 bridgehead atoms. The van der Waals surface area contributed by atoms with E-state index in [0.29, 0.717) is 56.1 Å². The maximum atomic E-state index is 13.3. The molecule has 2 aliphatic rings. The van der Waals surface area contributed by atoms with Gasteiger partial charge in [-0.1, -0.05) is 53.2 Å². The molecule has 3 aromatic carbocycles. The molecule has 2 saturated heterocycles. The summed E-state index contributed by atoms with van der Waals surface area (Å²) >= 11 is 19.5. The molecule has 0 aromatic heterocycles. The van der Waals surface area contributed by atoms with Crippen LogP contribution in [-0.4, -0.2) is 83.0 Å². The molecule has 234 valence electrons. The molecular weight excluding hydrogens is 657 g/mol. The lowest BCUT2D eigenvalue weighted by Gasteiger charge is -2.26. The van der Waals surface area contributed by atoms with Gasteiger partial charge >= 0.3 is 5.97 Å². The van der Waals surface area contributed by atoms with E-state index in [1.54, 1.807) is 24.3 Å². The molecule has 2 N–H and O–H groups in total. The fourth-order valence-corrected chi connectivity index (χ4v) is 6.46. The van der Waals surface area contributed by atoms with Crippen molar-refractivity contribution in [3.63, 3.8) is 0 Å². The van der Waals surface area contributed by atoms with Crippen molar-refractivity contribution in [2.75, 3.05) is 51.3 Å². The SMILES string of the molecule is O=C(CCN1C(=O)/C(=C/c2ccc(OCCN3CCOCC3)c(-c3cc(Cl)ccc3Cl)c2)SC1=S)Nc1ccc(C(=O)O)cc1. The van der Waals surface area contributed by atoms with E-state index in [9.17, 15) is 14.4 Å². The van der Waals surface area contributed by atoms with E-state index < -0.39 is 5.97 Å². The first-order valence-corrected chi connectivity index (χ1v) is 16.1. The van der Waals surface area contributed by atoms with Gasteiger partial charge in [-0.2, -0.15) is 0 Å². The van der Waals surface area contributed by atoms with Crippen LogP contribution < -0.4 is 10.1 Å². The van der Waals surface area contributed by atoms with E-state index in [1.807, 2.05) is 18.2 Å². The third-order valence-electron chi connectivity index (χ3n) is 7.14. The lowest BCUT2D eigenvalue weighted by atomic mass is 10.0. The van der Waals surface area contributed by atoms with Gasteiger partial charge in [0.25, 0.3) is 5.91 Å². The Hall–Kier alpha value is -3.45. The number of carbonyl (C=O) groups excluding carboxylic acids is 2. The number of hydrogen-bond acceptors (Lipinski definition) is 8. The first-order chi connectivity index (χ1) is 21.7. The molecule has 0 unspecified atom stereocenters. The summed E-state index contributed by atoms with van der Waals surface area (Å²) in [5, 5.41) is 12.8. The molecule has 2 amide bonds. The molecule has 3 aromatic rings. The number of ether oxygens (including phenoxy) is 2. The Morgan fingerprint density at radius 1 is 1.02 bits per heavy atom. The third-order valence-corrected chi connectivity index (χ3v) is 9.08. The molecule has 0 saturated carbocycles. The summed E-state index contributed by atoms with van der Waals surface area (Å²) < 4.78 is 12.0. The van der Waals surface area contributed by atoms with Crippen molar-refractivity contribution < 1.29 is 29.0 Å². The molecule has 2 heterocycles. The van der Waals surface area contributed by atoms with Gasteiger partial charge in [0.15, 0.2) is 0 Å². The van der Waals surface area contributed by atoms with Crippen LogP contribution in [0, 0.1) is 0 Å². The van der Waals surface area contributed by atoms with E-state index in [-0.39, 0.29) is 30.3 Å². The van der Waals surface area contributed by atoms with Crippen molar-refractivity contribution in [3.8, 4) is 16.9 Å². The minimum Gasteiger partial charge on any atom is -0.492 e. The summed E-state index contributed by atoms with van der Waals surface area (Å²) in [5.41, 5.74) is 2.76. The van der Waals surface area contributed by atoms with Gasteiger partial charge in [0.1, 0.15) is 16.7 Å². The molecule has 2 fully saturated rings. The number of benzene rings is 3. The number of aromatic carboxylic acids is 1. The van der Waals surface area contributed by atoms with Crippen LogP contribution in [0.5, 0.6) is 5.75 Å². The largest absolute Gasteiger partial charge is 0.492 e. The summed E-state index contributed by atoms with van der Waals surface area (Å²) in [7, 11) is 0. The topological polar surface area (TPSA) is 108 Å². The van der Waals surface area contributed by atoms with Crippen LogP contribution in [0.25, 0.3) is 17.2 Å². The predicted molar refractivity (Wildman–Crippen MR) is 181 cm³/mol. The molecule has 5 rings (SSSR count). The van der Waals surface area contributed by atoms with Gasteiger partial charge in [0.2, 0.25) is 5.91 Å². The fraction of sp³-hybridized carbons (Fsp3) is 0.250. The monoisotopic (exact) mass is 685 g/mol. The van der Waals surface area contributed by atoms with Crippen LogP contribution in [0.2, 0.25) is 10.0 Å². The summed E-state index contributed by atoms with van der Waals surface area (Å²) in [5.74, 6) is -1.04. The van der Waals surface area contributed by atoms with Crippen molar-refractivity contribution in [3.05, 3.63) is 86.7 Å². The number of anilines is 1. The van der Waals surface area contributed by atoms with Gasteiger partial charge in [0.05, 0.1) is 23.7 Å². The van der Waals surface area contributed by atoms with Crippen LogP contribution in [0.15, 0.2) is 65.6 Å². The van der Waals surface area contributed by atoms with E-state index >= 15 is 0 Å². The Labute approximate surface area is 280 Å². The zero-order valence-electron chi connectivity index (χ0n) is 24.0. The average molecular weight is 687 g/mol. The number of amides is 2. The van der Waals surface area contributed by atoms with Crippen molar-refractivity contribution in [1.29, 1.82) is 0 Å². The number of halogens is 2. The van der Waals surface area contributed by atoms with Gasteiger partial charge in [-0.25, -0.2) is 4.79 Å². The van der Waals surface area contributed by atoms with Crippen molar-refractivity contribution >= 4 is 81.0 Å². The second kappa shape index (κ2) is 15.2. The Morgan fingerprint density at radius 3 is 2.51 bits per heavy atom. The fourth-order valence-electron chi connectivity index (χ4n) is 4.76. The van der Waals surface area contributed by atoms with E-state index in [1.165, 1.54) is 40.9 Å². The number of carboxylic acid groups (broad SMARTS) is 1.